The number of para-hydroxylation sites is 1. The van der Waals surface area contributed by atoms with Crippen molar-refractivity contribution in [2.75, 3.05) is 16.8 Å². The van der Waals surface area contributed by atoms with Gasteiger partial charge in [-0.15, -0.1) is 0 Å². The predicted molar refractivity (Wildman–Crippen MR) is 94.0 cm³/mol. The van der Waals surface area contributed by atoms with Crippen LogP contribution in [0.1, 0.15) is 18.1 Å². The normalized spacial score (nSPS) is 10.3. The van der Waals surface area contributed by atoms with E-state index in [1.54, 1.807) is 24.3 Å². The Hall–Kier alpha value is -2.33. The van der Waals surface area contributed by atoms with Gasteiger partial charge in [0.05, 0.1) is 10.7 Å². The SMILES string of the molecule is CC(=O)N(CC(=O)Nc1cccc(C)c1C)c1ccccc1Cl. The van der Waals surface area contributed by atoms with Crippen molar-refractivity contribution < 1.29 is 9.59 Å². The van der Waals surface area contributed by atoms with Crippen molar-refractivity contribution in [2.45, 2.75) is 20.8 Å². The molecule has 0 aliphatic rings. The number of carbonyl (C=O) groups is 2. The number of aryl methyl sites for hydroxylation is 1. The van der Waals surface area contributed by atoms with Crippen molar-refractivity contribution in [3.8, 4) is 0 Å². The molecule has 0 saturated carbocycles. The van der Waals surface area contributed by atoms with Gasteiger partial charge in [-0.2, -0.15) is 0 Å². The van der Waals surface area contributed by atoms with Crippen LogP contribution in [0.4, 0.5) is 11.4 Å². The molecule has 0 saturated heterocycles. The highest BCUT2D eigenvalue weighted by Gasteiger charge is 2.18. The molecule has 2 aromatic carbocycles. The molecule has 0 bridgehead atoms. The first-order chi connectivity index (χ1) is 10.9. The number of hydrogen-bond donors (Lipinski definition) is 1. The summed E-state index contributed by atoms with van der Waals surface area (Å²) in [5.41, 5.74) is 3.38. The van der Waals surface area contributed by atoms with Crippen LogP contribution in [-0.2, 0) is 9.59 Å². The summed E-state index contributed by atoms with van der Waals surface area (Å²) in [5, 5.41) is 3.28. The molecule has 0 radical (unpaired) electrons. The van der Waals surface area contributed by atoms with Gasteiger partial charge in [0.2, 0.25) is 11.8 Å². The number of amides is 2. The standard InChI is InChI=1S/C18H19ClN2O2/c1-12-7-6-9-16(13(12)2)20-18(23)11-21(14(3)22)17-10-5-4-8-15(17)19/h4-10H,11H2,1-3H3,(H,20,23). The summed E-state index contributed by atoms with van der Waals surface area (Å²) in [6, 6.07) is 12.7. The van der Waals surface area contributed by atoms with E-state index >= 15 is 0 Å². The quantitative estimate of drug-likeness (QED) is 0.922. The van der Waals surface area contributed by atoms with Gasteiger partial charge in [-0.05, 0) is 43.2 Å². The molecule has 0 spiro atoms. The number of halogens is 1. The van der Waals surface area contributed by atoms with Gasteiger partial charge in [0.25, 0.3) is 0 Å². The second-order valence-electron chi connectivity index (χ2n) is 5.35. The van der Waals surface area contributed by atoms with Gasteiger partial charge in [-0.1, -0.05) is 35.9 Å². The fourth-order valence-electron chi connectivity index (χ4n) is 2.26. The number of nitrogens with one attached hydrogen (secondary N) is 1. The van der Waals surface area contributed by atoms with Crippen LogP contribution < -0.4 is 10.2 Å². The zero-order valence-electron chi connectivity index (χ0n) is 13.4. The molecule has 5 heteroatoms. The number of rotatable bonds is 4. The topological polar surface area (TPSA) is 49.4 Å². The number of nitrogens with zero attached hydrogens (tertiary/aromatic N) is 1. The molecule has 0 aromatic heterocycles. The average Bonchev–Trinajstić information content (AvgIpc) is 2.50. The lowest BCUT2D eigenvalue weighted by Crippen LogP contribution is -2.37. The van der Waals surface area contributed by atoms with E-state index in [0.29, 0.717) is 10.7 Å². The molecule has 0 fully saturated rings. The molecule has 0 aliphatic carbocycles. The molecule has 4 nitrogen and oxygen atoms in total. The lowest BCUT2D eigenvalue weighted by Gasteiger charge is -2.22. The summed E-state index contributed by atoms with van der Waals surface area (Å²) < 4.78 is 0. The van der Waals surface area contributed by atoms with E-state index in [2.05, 4.69) is 5.32 Å². The van der Waals surface area contributed by atoms with Gasteiger partial charge >= 0.3 is 0 Å². The minimum Gasteiger partial charge on any atom is -0.324 e. The zero-order chi connectivity index (χ0) is 17.0. The highest BCUT2D eigenvalue weighted by Crippen LogP contribution is 2.25. The van der Waals surface area contributed by atoms with E-state index < -0.39 is 0 Å². The zero-order valence-corrected chi connectivity index (χ0v) is 14.1. The number of benzene rings is 2. The van der Waals surface area contributed by atoms with Crippen molar-refractivity contribution in [3.05, 3.63) is 58.6 Å². The smallest absolute Gasteiger partial charge is 0.244 e. The molecule has 0 unspecified atom stereocenters. The Morgan fingerprint density at radius 2 is 1.78 bits per heavy atom. The first-order valence-corrected chi connectivity index (χ1v) is 7.66. The summed E-state index contributed by atoms with van der Waals surface area (Å²) in [7, 11) is 0. The Labute approximate surface area is 141 Å². The van der Waals surface area contributed by atoms with Crippen LogP contribution in [0.15, 0.2) is 42.5 Å². The van der Waals surface area contributed by atoms with Gasteiger partial charge in [-0.25, -0.2) is 0 Å². The Morgan fingerprint density at radius 1 is 1.09 bits per heavy atom. The summed E-state index contributed by atoms with van der Waals surface area (Å²) in [6.45, 7) is 5.25. The van der Waals surface area contributed by atoms with Crippen LogP contribution in [0.25, 0.3) is 0 Å². The van der Waals surface area contributed by atoms with Crippen molar-refractivity contribution >= 4 is 34.8 Å². The summed E-state index contributed by atoms with van der Waals surface area (Å²) in [6.07, 6.45) is 0. The maximum absolute atomic E-state index is 12.3. The maximum Gasteiger partial charge on any atom is 0.244 e. The van der Waals surface area contributed by atoms with Crippen molar-refractivity contribution in [2.24, 2.45) is 0 Å². The highest BCUT2D eigenvalue weighted by atomic mass is 35.5. The van der Waals surface area contributed by atoms with Gasteiger partial charge in [0.1, 0.15) is 6.54 Å². The van der Waals surface area contributed by atoms with Crippen LogP contribution in [-0.4, -0.2) is 18.4 Å². The molecule has 2 aromatic rings. The monoisotopic (exact) mass is 330 g/mol. The van der Waals surface area contributed by atoms with E-state index in [1.165, 1.54) is 11.8 Å². The molecule has 0 heterocycles. The third-order valence-electron chi connectivity index (χ3n) is 3.70. The maximum atomic E-state index is 12.3. The van der Waals surface area contributed by atoms with E-state index in [0.717, 1.165) is 16.8 Å². The molecule has 23 heavy (non-hydrogen) atoms. The van der Waals surface area contributed by atoms with Gasteiger partial charge < -0.3 is 10.2 Å². The summed E-state index contributed by atoms with van der Waals surface area (Å²) in [4.78, 5) is 25.6. The Bertz CT molecular complexity index is 744. The van der Waals surface area contributed by atoms with Crippen LogP contribution in [0.3, 0.4) is 0 Å². The first kappa shape index (κ1) is 17.0. The first-order valence-electron chi connectivity index (χ1n) is 7.29. The Balaban J connectivity index is 2.18. The van der Waals surface area contributed by atoms with Gasteiger partial charge in [0, 0.05) is 12.6 Å². The second kappa shape index (κ2) is 7.29. The summed E-state index contributed by atoms with van der Waals surface area (Å²) in [5.74, 6) is -0.511. The van der Waals surface area contributed by atoms with Crippen LogP contribution in [0.2, 0.25) is 5.02 Å². The fraction of sp³-hybridized carbons (Fsp3) is 0.222. The molecule has 1 N–H and O–H groups in total. The largest absolute Gasteiger partial charge is 0.324 e. The van der Waals surface area contributed by atoms with Crippen molar-refractivity contribution in [1.82, 2.24) is 0 Å². The number of anilines is 2. The average molecular weight is 331 g/mol. The third-order valence-corrected chi connectivity index (χ3v) is 4.02. The molecule has 0 atom stereocenters. The molecule has 2 amide bonds. The third kappa shape index (κ3) is 4.11. The molecular formula is C18H19ClN2O2. The van der Waals surface area contributed by atoms with E-state index in [-0.39, 0.29) is 18.4 Å². The van der Waals surface area contributed by atoms with Crippen LogP contribution >= 0.6 is 11.6 Å². The van der Waals surface area contributed by atoms with Gasteiger partial charge in [0.15, 0.2) is 0 Å². The van der Waals surface area contributed by atoms with Crippen molar-refractivity contribution in [1.29, 1.82) is 0 Å². The lowest BCUT2D eigenvalue weighted by atomic mass is 10.1. The molecule has 120 valence electrons. The van der Waals surface area contributed by atoms with Crippen LogP contribution in [0, 0.1) is 13.8 Å². The van der Waals surface area contributed by atoms with E-state index in [9.17, 15) is 9.59 Å². The summed E-state index contributed by atoms with van der Waals surface area (Å²) >= 11 is 6.13. The second-order valence-corrected chi connectivity index (χ2v) is 5.76. The number of carbonyl (C=O) groups excluding carboxylic acids is 2. The van der Waals surface area contributed by atoms with E-state index in [4.69, 9.17) is 11.6 Å². The minimum absolute atomic E-state index is 0.0908. The van der Waals surface area contributed by atoms with Gasteiger partial charge in [-0.3, -0.25) is 9.59 Å². The Kier molecular flexibility index (Phi) is 5.40. The predicted octanol–water partition coefficient (Wildman–Crippen LogP) is 3.95. The molecule has 0 aliphatic heterocycles. The van der Waals surface area contributed by atoms with E-state index in [1.807, 2.05) is 32.0 Å². The van der Waals surface area contributed by atoms with Crippen molar-refractivity contribution in [3.63, 3.8) is 0 Å². The molecule has 2 rings (SSSR count). The lowest BCUT2D eigenvalue weighted by molar-refractivity contribution is -0.120. The fourth-order valence-corrected chi connectivity index (χ4v) is 2.49. The Morgan fingerprint density at radius 3 is 2.43 bits per heavy atom. The van der Waals surface area contributed by atoms with Crippen LogP contribution in [0.5, 0.6) is 0 Å². The molecular weight excluding hydrogens is 312 g/mol. The minimum atomic E-state index is -0.270. The number of hydrogen-bond acceptors (Lipinski definition) is 2. The highest BCUT2D eigenvalue weighted by molar-refractivity contribution is 6.33.